The summed E-state index contributed by atoms with van der Waals surface area (Å²) >= 11 is 0. The van der Waals surface area contributed by atoms with E-state index in [1.54, 1.807) is 0 Å². The number of allylic oxidation sites excluding steroid dienone is 2. The van der Waals surface area contributed by atoms with Crippen molar-refractivity contribution < 1.29 is 13.5 Å². The van der Waals surface area contributed by atoms with Crippen LogP contribution in [0.1, 0.15) is 33.1 Å². The quantitative estimate of drug-likeness (QED) is 0.560. The molecule has 0 aromatic rings. The summed E-state index contributed by atoms with van der Waals surface area (Å²) in [4.78, 5) is 0. The number of rotatable bonds is 7. The summed E-state index contributed by atoms with van der Waals surface area (Å²) in [5.41, 5.74) is 0. The van der Waals surface area contributed by atoms with Gasteiger partial charge in [-0.3, -0.25) is 0 Å². The predicted molar refractivity (Wildman–Crippen MR) is 49.8 cm³/mol. The Morgan fingerprint density at radius 3 is 2.62 bits per heavy atom. The standard InChI is InChI=1S/C10H18F2O/c1-3-4-5-6-9(2)7-8-13-10(11)12/h5-6,9-10H,3-4,7-8H2,1-2H3/b6-5-. The zero-order chi connectivity index (χ0) is 10.1. The highest BCUT2D eigenvalue weighted by Crippen LogP contribution is 2.06. The van der Waals surface area contributed by atoms with E-state index in [2.05, 4.69) is 23.8 Å². The molecule has 0 heterocycles. The lowest BCUT2D eigenvalue weighted by Crippen LogP contribution is -2.04. The smallest absolute Gasteiger partial charge is 0.323 e. The van der Waals surface area contributed by atoms with E-state index >= 15 is 0 Å². The minimum Gasteiger partial charge on any atom is -0.323 e. The molecule has 0 aliphatic rings. The third-order valence-corrected chi connectivity index (χ3v) is 1.74. The summed E-state index contributed by atoms with van der Waals surface area (Å²) < 4.78 is 27.3. The Balaban J connectivity index is 3.34. The van der Waals surface area contributed by atoms with E-state index in [0.717, 1.165) is 12.8 Å². The lowest BCUT2D eigenvalue weighted by Gasteiger charge is -2.06. The second-order valence-electron chi connectivity index (χ2n) is 3.11. The first kappa shape index (κ1) is 12.6. The molecule has 0 N–H and O–H groups in total. The largest absolute Gasteiger partial charge is 0.345 e. The van der Waals surface area contributed by atoms with Gasteiger partial charge in [-0.15, -0.1) is 0 Å². The Hall–Kier alpha value is -0.440. The van der Waals surface area contributed by atoms with E-state index in [-0.39, 0.29) is 6.61 Å². The molecule has 0 aromatic heterocycles. The highest BCUT2D eigenvalue weighted by atomic mass is 19.3. The van der Waals surface area contributed by atoms with E-state index in [1.807, 2.05) is 6.92 Å². The summed E-state index contributed by atoms with van der Waals surface area (Å²) in [6.45, 7) is 1.61. The van der Waals surface area contributed by atoms with E-state index in [0.29, 0.717) is 12.3 Å². The second-order valence-corrected chi connectivity index (χ2v) is 3.11. The number of hydrogen-bond donors (Lipinski definition) is 0. The molecule has 0 aliphatic carbocycles. The molecule has 0 spiro atoms. The summed E-state index contributed by atoms with van der Waals surface area (Å²) in [6.07, 6.45) is 6.98. The molecule has 0 fully saturated rings. The topological polar surface area (TPSA) is 9.23 Å². The van der Waals surface area contributed by atoms with E-state index in [1.165, 1.54) is 0 Å². The van der Waals surface area contributed by atoms with E-state index < -0.39 is 6.61 Å². The molecule has 0 rings (SSSR count). The molecular weight excluding hydrogens is 174 g/mol. The molecule has 0 amide bonds. The molecule has 1 nitrogen and oxygen atoms in total. The number of unbranched alkanes of at least 4 members (excludes halogenated alkanes) is 1. The van der Waals surface area contributed by atoms with Crippen molar-refractivity contribution in [1.29, 1.82) is 0 Å². The fourth-order valence-electron chi connectivity index (χ4n) is 0.934. The molecule has 0 aliphatic heterocycles. The van der Waals surface area contributed by atoms with Gasteiger partial charge >= 0.3 is 6.61 Å². The van der Waals surface area contributed by atoms with Crippen LogP contribution >= 0.6 is 0 Å². The predicted octanol–water partition coefficient (Wildman–Crippen LogP) is 3.61. The van der Waals surface area contributed by atoms with Crippen LogP contribution in [0, 0.1) is 5.92 Å². The van der Waals surface area contributed by atoms with Crippen molar-refractivity contribution in [3.8, 4) is 0 Å². The van der Waals surface area contributed by atoms with Gasteiger partial charge in [-0.25, -0.2) is 0 Å². The van der Waals surface area contributed by atoms with Crippen molar-refractivity contribution in [1.82, 2.24) is 0 Å². The highest BCUT2D eigenvalue weighted by molar-refractivity contribution is 4.85. The summed E-state index contributed by atoms with van der Waals surface area (Å²) in [7, 11) is 0. The molecule has 3 heteroatoms. The van der Waals surface area contributed by atoms with E-state index in [4.69, 9.17) is 0 Å². The van der Waals surface area contributed by atoms with Crippen LogP contribution < -0.4 is 0 Å². The van der Waals surface area contributed by atoms with Gasteiger partial charge in [0.05, 0.1) is 6.61 Å². The van der Waals surface area contributed by atoms with Gasteiger partial charge in [0.25, 0.3) is 0 Å². The van der Waals surface area contributed by atoms with Gasteiger partial charge < -0.3 is 4.74 Å². The van der Waals surface area contributed by atoms with Crippen LogP contribution in [-0.4, -0.2) is 13.2 Å². The van der Waals surface area contributed by atoms with E-state index in [9.17, 15) is 8.78 Å². The maximum absolute atomic E-state index is 11.6. The molecule has 1 atom stereocenters. The minimum atomic E-state index is -2.63. The molecule has 0 radical (unpaired) electrons. The molecule has 0 bridgehead atoms. The van der Waals surface area contributed by atoms with Gasteiger partial charge in [-0.05, 0) is 18.8 Å². The zero-order valence-corrected chi connectivity index (χ0v) is 8.30. The van der Waals surface area contributed by atoms with Crippen LogP contribution in [0.4, 0.5) is 8.78 Å². The summed E-state index contributed by atoms with van der Waals surface area (Å²) in [5, 5.41) is 0. The highest BCUT2D eigenvalue weighted by Gasteiger charge is 2.02. The first-order valence-electron chi connectivity index (χ1n) is 4.73. The molecular formula is C10H18F2O. The summed E-state index contributed by atoms with van der Waals surface area (Å²) in [5.74, 6) is 0.324. The average molecular weight is 192 g/mol. The van der Waals surface area contributed by atoms with Crippen molar-refractivity contribution in [3.63, 3.8) is 0 Å². The van der Waals surface area contributed by atoms with Crippen molar-refractivity contribution in [3.05, 3.63) is 12.2 Å². The number of alkyl halides is 2. The fraction of sp³-hybridized carbons (Fsp3) is 0.800. The van der Waals surface area contributed by atoms with Gasteiger partial charge in [0.2, 0.25) is 0 Å². The van der Waals surface area contributed by atoms with Gasteiger partial charge in [0, 0.05) is 0 Å². The Kier molecular flexibility index (Phi) is 7.90. The van der Waals surface area contributed by atoms with Gasteiger partial charge in [-0.1, -0.05) is 32.4 Å². The molecule has 0 saturated carbocycles. The van der Waals surface area contributed by atoms with Crippen LogP contribution in [0.25, 0.3) is 0 Å². The lowest BCUT2D eigenvalue weighted by molar-refractivity contribution is -0.130. The fourth-order valence-corrected chi connectivity index (χ4v) is 0.934. The van der Waals surface area contributed by atoms with Crippen LogP contribution in [0.3, 0.4) is 0 Å². The molecule has 0 aromatic carbocycles. The normalized spacial score (nSPS) is 14.2. The number of hydrogen-bond acceptors (Lipinski definition) is 1. The molecule has 1 unspecified atom stereocenters. The van der Waals surface area contributed by atoms with Gasteiger partial charge in [0.15, 0.2) is 0 Å². The third kappa shape index (κ3) is 9.47. The van der Waals surface area contributed by atoms with Gasteiger partial charge in [0.1, 0.15) is 0 Å². The third-order valence-electron chi connectivity index (χ3n) is 1.74. The Morgan fingerprint density at radius 1 is 1.38 bits per heavy atom. The number of ether oxygens (including phenoxy) is 1. The Bertz CT molecular complexity index is 135. The minimum absolute atomic E-state index is 0.134. The Labute approximate surface area is 78.8 Å². The first-order chi connectivity index (χ1) is 6.16. The molecule has 13 heavy (non-hydrogen) atoms. The zero-order valence-electron chi connectivity index (χ0n) is 8.30. The van der Waals surface area contributed by atoms with Crippen LogP contribution in [0.15, 0.2) is 12.2 Å². The first-order valence-corrected chi connectivity index (χ1v) is 4.73. The Morgan fingerprint density at radius 2 is 2.08 bits per heavy atom. The van der Waals surface area contributed by atoms with Crippen molar-refractivity contribution in [2.75, 3.05) is 6.61 Å². The van der Waals surface area contributed by atoms with Crippen molar-refractivity contribution in [2.45, 2.75) is 39.7 Å². The average Bonchev–Trinajstić information content (AvgIpc) is 2.04. The van der Waals surface area contributed by atoms with Crippen molar-refractivity contribution >= 4 is 0 Å². The van der Waals surface area contributed by atoms with Gasteiger partial charge in [-0.2, -0.15) is 8.78 Å². The molecule has 0 saturated heterocycles. The summed E-state index contributed by atoms with van der Waals surface area (Å²) in [6, 6.07) is 0. The maximum atomic E-state index is 11.6. The monoisotopic (exact) mass is 192 g/mol. The van der Waals surface area contributed by atoms with Crippen LogP contribution in [-0.2, 0) is 4.74 Å². The van der Waals surface area contributed by atoms with Crippen molar-refractivity contribution in [2.24, 2.45) is 5.92 Å². The second kappa shape index (κ2) is 8.17. The number of halogens is 2. The SMILES string of the molecule is CCC/C=C\C(C)CCOC(F)F. The lowest BCUT2D eigenvalue weighted by atomic mass is 10.1. The molecule has 78 valence electrons. The van der Waals surface area contributed by atoms with Crippen LogP contribution in [0.5, 0.6) is 0 Å². The van der Waals surface area contributed by atoms with Crippen LogP contribution in [0.2, 0.25) is 0 Å². The maximum Gasteiger partial charge on any atom is 0.345 e.